The van der Waals surface area contributed by atoms with Crippen LogP contribution in [0.2, 0.25) is 0 Å². The SMILES string of the molecule is CCC(=O)C1CC(Oc2ccc3ccccc3c2)CN1C(C)(C)C. The van der Waals surface area contributed by atoms with E-state index in [0.29, 0.717) is 12.2 Å². The van der Waals surface area contributed by atoms with E-state index in [1.807, 2.05) is 25.1 Å². The molecule has 2 aromatic carbocycles. The topological polar surface area (TPSA) is 29.5 Å². The first-order chi connectivity index (χ1) is 11.4. The van der Waals surface area contributed by atoms with E-state index in [1.54, 1.807) is 0 Å². The molecule has 3 rings (SSSR count). The Hall–Kier alpha value is -1.87. The molecule has 2 unspecified atom stereocenters. The second-order valence-corrected chi connectivity index (χ2v) is 7.64. The molecule has 128 valence electrons. The van der Waals surface area contributed by atoms with Crippen molar-refractivity contribution in [2.24, 2.45) is 0 Å². The van der Waals surface area contributed by atoms with Crippen molar-refractivity contribution in [3.8, 4) is 5.75 Å². The van der Waals surface area contributed by atoms with Crippen LogP contribution in [0.4, 0.5) is 0 Å². The number of fused-ring (bicyclic) bond motifs is 1. The van der Waals surface area contributed by atoms with Crippen molar-refractivity contribution in [3.63, 3.8) is 0 Å². The quantitative estimate of drug-likeness (QED) is 0.832. The number of likely N-dealkylation sites (tertiary alicyclic amines) is 1. The highest BCUT2D eigenvalue weighted by atomic mass is 16.5. The first kappa shape index (κ1) is 17.0. The maximum absolute atomic E-state index is 12.3. The highest BCUT2D eigenvalue weighted by molar-refractivity contribution is 5.84. The summed E-state index contributed by atoms with van der Waals surface area (Å²) < 4.78 is 6.24. The first-order valence-corrected chi connectivity index (χ1v) is 8.83. The van der Waals surface area contributed by atoms with Crippen LogP contribution >= 0.6 is 0 Å². The summed E-state index contributed by atoms with van der Waals surface area (Å²) in [6, 6.07) is 14.5. The van der Waals surface area contributed by atoms with Gasteiger partial charge in [-0.05, 0) is 43.7 Å². The Balaban J connectivity index is 1.78. The minimum atomic E-state index is -0.0308. The predicted molar refractivity (Wildman–Crippen MR) is 98.5 cm³/mol. The highest BCUT2D eigenvalue weighted by Gasteiger charge is 2.42. The number of carbonyl (C=O) groups is 1. The predicted octanol–water partition coefficient (Wildman–Crippen LogP) is 4.44. The zero-order chi connectivity index (χ0) is 17.3. The number of nitrogens with zero attached hydrogens (tertiary/aromatic N) is 1. The van der Waals surface area contributed by atoms with Crippen molar-refractivity contribution in [2.45, 2.75) is 58.2 Å². The van der Waals surface area contributed by atoms with Crippen molar-refractivity contribution >= 4 is 16.6 Å². The Morgan fingerprint density at radius 1 is 1.17 bits per heavy atom. The van der Waals surface area contributed by atoms with Crippen LogP contribution in [0.25, 0.3) is 10.8 Å². The zero-order valence-corrected chi connectivity index (χ0v) is 15.1. The van der Waals surface area contributed by atoms with Crippen LogP contribution < -0.4 is 4.74 Å². The van der Waals surface area contributed by atoms with Gasteiger partial charge in [0.25, 0.3) is 0 Å². The Bertz CT molecular complexity index is 732. The molecule has 0 radical (unpaired) electrons. The van der Waals surface area contributed by atoms with Gasteiger partial charge in [-0.15, -0.1) is 0 Å². The molecule has 1 aliphatic heterocycles. The zero-order valence-electron chi connectivity index (χ0n) is 15.1. The Morgan fingerprint density at radius 2 is 1.88 bits per heavy atom. The van der Waals surface area contributed by atoms with Crippen LogP contribution in [0.5, 0.6) is 5.75 Å². The van der Waals surface area contributed by atoms with Gasteiger partial charge < -0.3 is 4.74 Å². The lowest BCUT2D eigenvalue weighted by atomic mass is 10.0. The van der Waals surface area contributed by atoms with Crippen molar-refractivity contribution in [2.75, 3.05) is 6.54 Å². The summed E-state index contributed by atoms with van der Waals surface area (Å²) in [6.45, 7) is 9.25. The van der Waals surface area contributed by atoms with Crippen LogP contribution in [0, 0.1) is 0 Å². The lowest BCUT2D eigenvalue weighted by Crippen LogP contribution is -2.48. The number of ketones is 1. The fourth-order valence-corrected chi connectivity index (χ4v) is 3.60. The monoisotopic (exact) mass is 325 g/mol. The van der Waals surface area contributed by atoms with Gasteiger partial charge in [0, 0.05) is 24.9 Å². The van der Waals surface area contributed by atoms with E-state index < -0.39 is 0 Å². The van der Waals surface area contributed by atoms with E-state index >= 15 is 0 Å². The molecule has 1 fully saturated rings. The van der Waals surface area contributed by atoms with Crippen molar-refractivity contribution in [1.82, 2.24) is 4.90 Å². The van der Waals surface area contributed by atoms with Crippen LogP contribution in [-0.4, -0.2) is 34.9 Å². The number of rotatable bonds is 4. The highest BCUT2D eigenvalue weighted by Crippen LogP contribution is 2.31. The number of Topliss-reactive ketones (excluding diaryl/α,β-unsaturated/α-hetero) is 1. The largest absolute Gasteiger partial charge is 0.489 e. The second kappa shape index (κ2) is 6.56. The summed E-state index contributed by atoms with van der Waals surface area (Å²) >= 11 is 0. The van der Waals surface area contributed by atoms with E-state index in [4.69, 9.17) is 4.74 Å². The average molecular weight is 325 g/mol. The van der Waals surface area contributed by atoms with E-state index in [1.165, 1.54) is 10.8 Å². The number of hydrogen-bond acceptors (Lipinski definition) is 3. The summed E-state index contributed by atoms with van der Waals surface area (Å²) in [5.74, 6) is 1.20. The second-order valence-electron chi connectivity index (χ2n) is 7.64. The maximum atomic E-state index is 12.3. The van der Waals surface area contributed by atoms with Crippen LogP contribution in [-0.2, 0) is 4.79 Å². The van der Waals surface area contributed by atoms with Gasteiger partial charge in [-0.2, -0.15) is 0 Å². The molecular formula is C21H27NO2. The van der Waals surface area contributed by atoms with Gasteiger partial charge in [0.15, 0.2) is 0 Å². The Labute approximate surface area is 144 Å². The molecule has 0 saturated carbocycles. The average Bonchev–Trinajstić information content (AvgIpc) is 2.98. The molecule has 0 spiro atoms. The number of carbonyl (C=O) groups excluding carboxylic acids is 1. The van der Waals surface area contributed by atoms with Crippen LogP contribution in [0.15, 0.2) is 42.5 Å². The van der Waals surface area contributed by atoms with E-state index in [-0.39, 0.29) is 17.7 Å². The van der Waals surface area contributed by atoms with Crippen molar-refractivity contribution < 1.29 is 9.53 Å². The van der Waals surface area contributed by atoms with Crippen LogP contribution in [0.3, 0.4) is 0 Å². The fraction of sp³-hybridized carbons (Fsp3) is 0.476. The smallest absolute Gasteiger partial charge is 0.149 e. The molecule has 0 amide bonds. The lowest BCUT2D eigenvalue weighted by molar-refractivity contribution is -0.124. The lowest BCUT2D eigenvalue weighted by Gasteiger charge is -2.35. The third-order valence-electron chi connectivity index (χ3n) is 4.87. The number of ether oxygens (including phenoxy) is 1. The molecule has 0 aromatic heterocycles. The van der Waals surface area contributed by atoms with Gasteiger partial charge in [-0.3, -0.25) is 9.69 Å². The molecule has 3 nitrogen and oxygen atoms in total. The van der Waals surface area contributed by atoms with Gasteiger partial charge in [0.2, 0.25) is 0 Å². The summed E-state index contributed by atoms with van der Waals surface area (Å²) in [5.41, 5.74) is -0.0308. The molecule has 1 aliphatic rings. The van der Waals surface area contributed by atoms with E-state index in [9.17, 15) is 4.79 Å². The Kier molecular flexibility index (Phi) is 4.64. The molecule has 1 saturated heterocycles. The summed E-state index contributed by atoms with van der Waals surface area (Å²) in [7, 11) is 0. The van der Waals surface area contributed by atoms with Gasteiger partial charge in [0.05, 0.1) is 6.04 Å². The van der Waals surface area contributed by atoms with Gasteiger partial charge >= 0.3 is 0 Å². The van der Waals surface area contributed by atoms with Crippen molar-refractivity contribution in [3.05, 3.63) is 42.5 Å². The maximum Gasteiger partial charge on any atom is 0.149 e. The van der Waals surface area contributed by atoms with Gasteiger partial charge in [-0.1, -0.05) is 37.3 Å². The van der Waals surface area contributed by atoms with Crippen molar-refractivity contribution in [1.29, 1.82) is 0 Å². The summed E-state index contributed by atoms with van der Waals surface area (Å²) in [4.78, 5) is 14.6. The molecule has 1 heterocycles. The molecular weight excluding hydrogens is 298 g/mol. The van der Waals surface area contributed by atoms with Gasteiger partial charge in [-0.25, -0.2) is 0 Å². The number of benzene rings is 2. The minimum absolute atomic E-state index is 0.0274. The first-order valence-electron chi connectivity index (χ1n) is 8.83. The van der Waals surface area contributed by atoms with Crippen LogP contribution in [0.1, 0.15) is 40.5 Å². The molecule has 2 atom stereocenters. The molecule has 0 aliphatic carbocycles. The molecule has 0 N–H and O–H groups in total. The normalized spacial score (nSPS) is 22.0. The molecule has 3 heteroatoms. The molecule has 24 heavy (non-hydrogen) atoms. The third kappa shape index (κ3) is 3.46. The molecule has 0 bridgehead atoms. The summed E-state index contributed by atoms with van der Waals surface area (Å²) in [5, 5.41) is 2.40. The standard InChI is InChI=1S/C21H27NO2/c1-5-20(23)19-13-18(14-22(19)21(2,3)4)24-17-11-10-15-8-6-7-9-16(15)12-17/h6-12,18-19H,5,13-14H2,1-4H3. The van der Waals surface area contributed by atoms with Gasteiger partial charge in [0.1, 0.15) is 17.6 Å². The third-order valence-corrected chi connectivity index (χ3v) is 4.87. The fourth-order valence-electron chi connectivity index (χ4n) is 3.60. The van der Waals surface area contributed by atoms with E-state index in [0.717, 1.165) is 18.7 Å². The number of hydrogen-bond donors (Lipinski definition) is 0. The van der Waals surface area contributed by atoms with E-state index in [2.05, 4.69) is 49.9 Å². The summed E-state index contributed by atoms with van der Waals surface area (Å²) in [6.07, 6.45) is 1.42. The molecule has 2 aromatic rings. The minimum Gasteiger partial charge on any atom is -0.489 e. The Morgan fingerprint density at radius 3 is 2.54 bits per heavy atom.